The minimum absolute atomic E-state index is 0.00292. The maximum Gasteiger partial charge on any atom is 0.340 e. The number of ether oxygens (including phenoxy) is 4. The zero-order valence-electron chi connectivity index (χ0n) is 39.0. The van der Waals surface area contributed by atoms with E-state index in [-0.39, 0.29) is 42.7 Å². The van der Waals surface area contributed by atoms with Crippen LogP contribution >= 0.6 is 8.53 Å². The van der Waals surface area contributed by atoms with Gasteiger partial charge in [0, 0.05) is 35.8 Å². The third kappa shape index (κ3) is 10.7. The number of nitriles is 1. The van der Waals surface area contributed by atoms with Crippen LogP contribution in [0.3, 0.4) is 0 Å². The topological polar surface area (TPSA) is 143 Å². The summed E-state index contributed by atoms with van der Waals surface area (Å²) in [5.74, 6) is 0.0314. The van der Waals surface area contributed by atoms with Crippen molar-refractivity contribution < 1.29 is 32.8 Å². The van der Waals surface area contributed by atoms with Gasteiger partial charge in [-0.15, -0.1) is 0 Å². The van der Waals surface area contributed by atoms with E-state index in [1.54, 1.807) is 26.4 Å². The van der Waals surface area contributed by atoms with Crippen LogP contribution in [-0.4, -0.2) is 71.4 Å². The van der Waals surface area contributed by atoms with E-state index < -0.39 is 55.6 Å². The Hall–Kier alpha value is -5.45. The Morgan fingerprint density at radius 1 is 0.800 bits per heavy atom. The standard InChI is InChI=1S/C51H61N4O9P/c1-34(2)55(35(3)4)65(62-32-14-30-52)64-46-36(5)48(53-31-29-45(56)54(49(53)58)47(57)37-17-19-38(20-18-37)50(6,7)8)63-44(46)33-61-51(39-15-12-11-13-16-39,40-21-25-42(59-9)26-22-40)41-23-27-43(60-10)28-24-41/h11-13,15-29,31,34-36,44,46,48H,14,32-33H2,1-10H3/t36-,44+,46-,48+,65?/m0/s1. The molecule has 344 valence electrons. The van der Waals surface area contributed by atoms with Crippen LogP contribution in [0.4, 0.5) is 0 Å². The van der Waals surface area contributed by atoms with Crippen molar-refractivity contribution in [3.63, 3.8) is 0 Å². The van der Waals surface area contributed by atoms with Crippen molar-refractivity contribution >= 4 is 14.4 Å². The summed E-state index contributed by atoms with van der Waals surface area (Å²) in [4.78, 5) is 41.9. The molecule has 0 aliphatic carbocycles. The van der Waals surface area contributed by atoms with Gasteiger partial charge < -0.3 is 28.0 Å². The average Bonchev–Trinajstić information content (AvgIpc) is 3.60. The molecule has 14 heteroatoms. The molecule has 0 radical (unpaired) electrons. The van der Waals surface area contributed by atoms with Gasteiger partial charge in [-0.25, -0.2) is 9.46 Å². The van der Waals surface area contributed by atoms with E-state index in [4.69, 9.17) is 28.0 Å². The minimum atomic E-state index is -1.80. The van der Waals surface area contributed by atoms with Crippen LogP contribution < -0.4 is 20.7 Å². The van der Waals surface area contributed by atoms with Crippen molar-refractivity contribution in [3.05, 3.63) is 164 Å². The molecule has 5 atom stereocenters. The third-order valence-electron chi connectivity index (χ3n) is 11.6. The van der Waals surface area contributed by atoms with Crippen LogP contribution in [0.25, 0.3) is 0 Å². The Morgan fingerprint density at radius 3 is 1.85 bits per heavy atom. The van der Waals surface area contributed by atoms with Crippen molar-refractivity contribution in [2.75, 3.05) is 27.4 Å². The molecule has 1 fully saturated rings. The number of hydrogen-bond donors (Lipinski definition) is 0. The molecule has 1 aliphatic heterocycles. The SMILES string of the molecule is COc1ccc(C(OC[C@H]2O[C@@H](n3ccc(=O)n(C(=O)c4ccc(C(C)(C)C)cc4)c3=O)[C@@H](C)[C@@H]2OP(OCCC#N)N(C(C)C)C(C)C)(c2ccccc2)c2ccc(OC)cc2)cc1. The van der Waals surface area contributed by atoms with Gasteiger partial charge in [-0.3, -0.25) is 14.2 Å². The van der Waals surface area contributed by atoms with Crippen LogP contribution in [0, 0.1) is 17.2 Å². The second kappa shape index (κ2) is 21.2. The Balaban J connectivity index is 1.47. The van der Waals surface area contributed by atoms with E-state index in [0.29, 0.717) is 16.1 Å². The highest BCUT2D eigenvalue weighted by atomic mass is 31.2. The molecule has 0 spiro atoms. The lowest BCUT2D eigenvalue weighted by molar-refractivity contribution is -0.0932. The molecule has 13 nitrogen and oxygen atoms in total. The van der Waals surface area contributed by atoms with Crippen LogP contribution in [0.5, 0.6) is 11.5 Å². The van der Waals surface area contributed by atoms with Gasteiger partial charge in [-0.2, -0.15) is 9.83 Å². The lowest BCUT2D eigenvalue weighted by atomic mass is 9.80. The lowest BCUT2D eigenvalue weighted by Gasteiger charge is -2.39. The van der Waals surface area contributed by atoms with Crippen molar-refractivity contribution in [1.82, 2.24) is 13.8 Å². The summed E-state index contributed by atoms with van der Waals surface area (Å²) in [5.41, 5.74) is 0.636. The van der Waals surface area contributed by atoms with Gasteiger partial charge in [0.25, 0.3) is 20.0 Å². The highest BCUT2D eigenvalue weighted by Gasteiger charge is 2.49. The van der Waals surface area contributed by atoms with Gasteiger partial charge in [0.2, 0.25) is 0 Å². The van der Waals surface area contributed by atoms with Crippen molar-refractivity contribution in [1.29, 1.82) is 5.26 Å². The fraction of sp³-hybridized carbons (Fsp3) is 0.412. The van der Waals surface area contributed by atoms with Gasteiger partial charge in [-0.05, 0) is 91.8 Å². The first-order valence-corrected chi connectivity index (χ1v) is 23.1. The molecule has 1 aromatic heterocycles. The maximum absolute atomic E-state index is 14.5. The van der Waals surface area contributed by atoms with Gasteiger partial charge in [0.05, 0.1) is 39.9 Å². The van der Waals surface area contributed by atoms with Crippen molar-refractivity contribution in [3.8, 4) is 17.6 Å². The van der Waals surface area contributed by atoms with Crippen LogP contribution in [-0.2, 0) is 29.5 Å². The van der Waals surface area contributed by atoms with E-state index in [9.17, 15) is 19.6 Å². The van der Waals surface area contributed by atoms with Crippen LogP contribution in [0.1, 0.15) is 101 Å². The zero-order valence-corrected chi connectivity index (χ0v) is 39.9. The monoisotopic (exact) mass is 904 g/mol. The number of benzene rings is 4. The molecule has 1 unspecified atom stereocenters. The van der Waals surface area contributed by atoms with Crippen molar-refractivity contribution in [2.45, 2.75) is 103 Å². The first-order valence-electron chi connectivity index (χ1n) is 21.9. The van der Waals surface area contributed by atoms with Gasteiger partial charge in [-0.1, -0.05) is 94.4 Å². The first kappa shape index (κ1) is 49.0. The summed E-state index contributed by atoms with van der Waals surface area (Å²) >= 11 is 0. The Labute approximate surface area is 383 Å². The molecule has 6 rings (SSSR count). The number of rotatable bonds is 18. The summed E-state index contributed by atoms with van der Waals surface area (Å²) < 4.78 is 42.9. The molecule has 5 aromatic rings. The quantitative estimate of drug-likeness (QED) is 0.0472. The molecule has 4 aromatic carbocycles. The second-order valence-corrected chi connectivity index (χ2v) is 19.1. The Kier molecular flexibility index (Phi) is 16.0. The fourth-order valence-corrected chi connectivity index (χ4v) is 10.1. The third-order valence-corrected chi connectivity index (χ3v) is 13.8. The molecule has 0 N–H and O–H groups in total. The van der Waals surface area contributed by atoms with E-state index in [2.05, 4.69) is 59.2 Å². The summed E-state index contributed by atoms with van der Waals surface area (Å²) in [6.45, 7) is 16.4. The molecule has 0 amide bonds. The highest BCUT2D eigenvalue weighted by molar-refractivity contribution is 7.44. The second-order valence-electron chi connectivity index (χ2n) is 17.7. The first-order chi connectivity index (χ1) is 31.0. The largest absolute Gasteiger partial charge is 0.497 e. The number of nitrogens with zero attached hydrogens (tertiary/aromatic N) is 4. The molecule has 1 aliphatic rings. The summed E-state index contributed by atoms with van der Waals surface area (Å²) in [6.07, 6.45) is -1.09. The van der Waals surface area contributed by atoms with Crippen LogP contribution in [0.2, 0.25) is 0 Å². The van der Waals surface area contributed by atoms with Gasteiger partial charge >= 0.3 is 5.69 Å². The predicted octanol–water partition coefficient (Wildman–Crippen LogP) is 9.22. The molecule has 0 bridgehead atoms. The predicted molar refractivity (Wildman–Crippen MR) is 251 cm³/mol. The normalized spacial score (nSPS) is 18.2. The zero-order chi connectivity index (χ0) is 47.1. The van der Waals surface area contributed by atoms with E-state index >= 15 is 0 Å². The number of methoxy groups -OCH3 is 2. The molecule has 2 heterocycles. The number of hydrogen-bond acceptors (Lipinski definition) is 11. The number of carbonyl (C=O) groups is 1. The number of aromatic nitrogens is 2. The van der Waals surface area contributed by atoms with Gasteiger partial charge in [0.1, 0.15) is 35.5 Å². The smallest absolute Gasteiger partial charge is 0.340 e. The van der Waals surface area contributed by atoms with Gasteiger partial charge in [0.15, 0.2) is 0 Å². The van der Waals surface area contributed by atoms with Crippen LogP contribution in [0.15, 0.2) is 125 Å². The average molecular weight is 905 g/mol. The molecule has 1 saturated heterocycles. The Morgan fingerprint density at radius 2 is 1.34 bits per heavy atom. The molecular formula is C51H61N4O9P. The maximum atomic E-state index is 14.5. The van der Waals surface area contributed by atoms with E-state index in [1.807, 2.05) is 97.9 Å². The highest BCUT2D eigenvalue weighted by Crippen LogP contribution is 2.52. The van der Waals surface area contributed by atoms with E-state index in [1.165, 1.54) is 16.8 Å². The molecular weight excluding hydrogens is 844 g/mol. The van der Waals surface area contributed by atoms with E-state index in [0.717, 1.165) is 22.3 Å². The summed E-state index contributed by atoms with van der Waals surface area (Å²) in [7, 11) is 1.43. The minimum Gasteiger partial charge on any atom is -0.497 e. The molecule has 65 heavy (non-hydrogen) atoms. The van der Waals surface area contributed by atoms with Crippen molar-refractivity contribution in [2.24, 2.45) is 5.92 Å². The summed E-state index contributed by atoms with van der Waals surface area (Å²) in [6, 6.07) is 35.5. The molecule has 0 saturated carbocycles. The fourth-order valence-electron chi connectivity index (χ4n) is 8.29. The number of carbonyl (C=O) groups excluding carboxylic acids is 1. The summed E-state index contributed by atoms with van der Waals surface area (Å²) in [5, 5.41) is 9.47. The lowest BCUT2D eigenvalue weighted by Crippen LogP contribution is -2.45. The Bertz CT molecular complexity index is 2460.